The molecule has 0 saturated carbocycles. The number of hydrogen-bond donors (Lipinski definition) is 1. The van der Waals surface area contributed by atoms with Crippen LogP contribution in [0.2, 0.25) is 0 Å². The van der Waals surface area contributed by atoms with Crippen molar-refractivity contribution in [3.63, 3.8) is 0 Å². The molecule has 2 aromatic carbocycles. The van der Waals surface area contributed by atoms with Crippen LogP contribution in [0.4, 0.5) is 5.69 Å². The zero-order valence-electron chi connectivity index (χ0n) is 14.9. The number of rotatable bonds is 5. The summed E-state index contributed by atoms with van der Waals surface area (Å²) in [6, 6.07) is 12.4. The molecule has 2 aromatic rings. The van der Waals surface area contributed by atoms with Crippen LogP contribution in [0.3, 0.4) is 0 Å². The van der Waals surface area contributed by atoms with Crippen molar-refractivity contribution in [3.05, 3.63) is 53.6 Å². The van der Waals surface area contributed by atoms with Crippen LogP contribution in [0, 0.1) is 6.92 Å². The minimum Gasteiger partial charge on any atom is -0.321 e. The van der Waals surface area contributed by atoms with Gasteiger partial charge in [0.25, 0.3) is 5.91 Å². The van der Waals surface area contributed by atoms with Crippen LogP contribution in [0.1, 0.15) is 28.8 Å². The number of nitrogens with one attached hydrogen (secondary N) is 1. The van der Waals surface area contributed by atoms with Gasteiger partial charge in [-0.3, -0.25) is 4.79 Å². The molecule has 1 amide bonds. The van der Waals surface area contributed by atoms with Gasteiger partial charge in [0.2, 0.25) is 10.0 Å². The van der Waals surface area contributed by atoms with E-state index < -0.39 is 10.0 Å². The predicted octanol–water partition coefficient (Wildman–Crippen LogP) is 3.75. The highest BCUT2D eigenvalue weighted by molar-refractivity contribution is 7.98. The quantitative estimate of drug-likeness (QED) is 0.790. The first kappa shape index (κ1) is 18.9. The topological polar surface area (TPSA) is 66.5 Å². The predicted molar refractivity (Wildman–Crippen MR) is 105 cm³/mol. The molecule has 1 aliphatic rings. The number of sulfonamides is 1. The van der Waals surface area contributed by atoms with Crippen molar-refractivity contribution < 1.29 is 13.2 Å². The molecule has 138 valence electrons. The molecule has 0 aliphatic carbocycles. The lowest BCUT2D eigenvalue weighted by atomic mass is 10.1. The average molecular weight is 391 g/mol. The first-order valence-corrected chi connectivity index (χ1v) is 11.1. The highest BCUT2D eigenvalue weighted by Crippen LogP contribution is 2.27. The van der Waals surface area contributed by atoms with Gasteiger partial charge in [0.05, 0.1) is 10.6 Å². The number of benzene rings is 2. The summed E-state index contributed by atoms with van der Waals surface area (Å²) in [5.41, 5.74) is 1.71. The van der Waals surface area contributed by atoms with Gasteiger partial charge >= 0.3 is 0 Å². The van der Waals surface area contributed by atoms with Gasteiger partial charge in [-0.1, -0.05) is 18.2 Å². The van der Waals surface area contributed by atoms with Crippen LogP contribution in [0.15, 0.2) is 52.3 Å². The number of carbonyl (C=O) groups is 1. The Bertz CT molecular complexity index is 920. The van der Waals surface area contributed by atoms with Crippen LogP contribution < -0.4 is 5.32 Å². The molecule has 0 spiro atoms. The molecule has 7 heteroatoms. The van der Waals surface area contributed by atoms with Gasteiger partial charge in [-0.2, -0.15) is 4.31 Å². The Morgan fingerprint density at radius 2 is 1.81 bits per heavy atom. The molecule has 0 atom stereocenters. The van der Waals surface area contributed by atoms with Gasteiger partial charge in [-0.15, -0.1) is 11.8 Å². The molecule has 1 heterocycles. The van der Waals surface area contributed by atoms with Crippen molar-refractivity contribution in [2.45, 2.75) is 29.6 Å². The van der Waals surface area contributed by atoms with E-state index in [2.05, 4.69) is 5.32 Å². The normalized spacial score (nSPS) is 15.2. The third-order valence-electron chi connectivity index (χ3n) is 4.49. The Morgan fingerprint density at radius 1 is 1.12 bits per heavy atom. The van der Waals surface area contributed by atoms with E-state index in [9.17, 15) is 13.2 Å². The molecular formula is C19H22N2O3S2. The molecule has 3 rings (SSSR count). The summed E-state index contributed by atoms with van der Waals surface area (Å²) in [5, 5.41) is 2.88. The summed E-state index contributed by atoms with van der Waals surface area (Å²) in [4.78, 5) is 13.8. The Kier molecular flexibility index (Phi) is 5.70. The van der Waals surface area contributed by atoms with Crippen LogP contribution >= 0.6 is 11.8 Å². The monoisotopic (exact) mass is 390 g/mol. The molecule has 1 N–H and O–H groups in total. The van der Waals surface area contributed by atoms with E-state index in [0.717, 1.165) is 23.4 Å². The summed E-state index contributed by atoms with van der Waals surface area (Å²) < 4.78 is 27.3. The lowest BCUT2D eigenvalue weighted by Crippen LogP contribution is -2.28. The molecule has 0 aromatic heterocycles. The van der Waals surface area contributed by atoms with Gasteiger partial charge in [-0.25, -0.2) is 8.42 Å². The smallest absolute Gasteiger partial charge is 0.255 e. The Morgan fingerprint density at radius 3 is 2.50 bits per heavy atom. The summed E-state index contributed by atoms with van der Waals surface area (Å²) >= 11 is 1.54. The third kappa shape index (κ3) is 3.79. The van der Waals surface area contributed by atoms with E-state index in [1.165, 1.54) is 10.4 Å². The minimum atomic E-state index is -3.56. The van der Waals surface area contributed by atoms with Gasteiger partial charge < -0.3 is 5.32 Å². The largest absolute Gasteiger partial charge is 0.321 e. The summed E-state index contributed by atoms with van der Waals surface area (Å²) in [6.45, 7) is 2.84. The molecule has 5 nitrogen and oxygen atoms in total. The average Bonchev–Trinajstić information content (AvgIpc) is 3.18. The van der Waals surface area contributed by atoms with Crippen molar-refractivity contribution in [1.29, 1.82) is 0 Å². The molecule has 1 aliphatic heterocycles. The number of anilines is 1. The zero-order valence-corrected chi connectivity index (χ0v) is 16.5. The van der Waals surface area contributed by atoms with E-state index in [1.54, 1.807) is 30.8 Å². The maximum atomic E-state index is 12.9. The lowest BCUT2D eigenvalue weighted by Gasteiger charge is -2.18. The van der Waals surface area contributed by atoms with Crippen molar-refractivity contribution in [2.24, 2.45) is 0 Å². The fourth-order valence-corrected chi connectivity index (χ4v) is 5.35. The second-order valence-electron chi connectivity index (χ2n) is 6.25. The SMILES string of the molecule is CSc1ccccc1NC(=O)c1ccc(C)c(S(=O)(=O)N2CCCC2)c1. The highest BCUT2D eigenvalue weighted by atomic mass is 32.2. The van der Waals surface area contributed by atoms with Crippen LogP contribution in [-0.4, -0.2) is 38.0 Å². The van der Waals surface area contributed by atoms with Crippen molar-refractivity contribution in [1.82, 2.24) is 4.31 Å². The van der Waals surface area contributed by atoms with Crippen molar-refractivity contribution >= 4 is 33.4 Å². The molecule has 0 unspecified atom stereocenters. The first-order chi connectivity index (χ1) is 12.4. The van der Waals surface area contributed by atoms with Gasteiger partial charge in [0, 0.05) is 23.5 Å². The summed E-state index contributed by atoms with van der Waals surface area (Å²) in [5.74, 6) is -0.315. The minimum absolute atomic E-state index is 0.213. The summed E-state index contributed by atoms with van der Waals surface area (Å²) in [7, 11) is -3.56. The van der Waals surface area contributed by atoms with E-state index in [-0.39, 0.29) is 10.8 Å². The number of carbonyl (C=O) groups excluding carboxylic acids is 1. The van der Waals surface area contributed by atoms with Crippen LogP contribution in [0.25, 0.3) is 0 Å². The Labute approximate surface area is 158 Å². The standard InChI is InChI=1S/C19H22N2O3S2/c1-14-9-10-15(13-18(14)26(23,24)21-11-5-6-12-21)19(22)20-16-7-3-4-8-17(16)25-2/h3-4,7-10,13H,5-6,11-12H2,1-2H3,(H,20,22). The second kappa shape index (κ2) is 7.82. The molecule has 1 fully saturated rings. The Balaban J connectivity index is 1.90. The van der Waals surface area contributed by atoms with E-state index >= 15 is 0 Å². The molecule has 1 saturated heterocycles. The molecular weight excluding hydrogens is 368 g/mol. The Hall–Kier alpha value is -1.83. The number of amides is 1. The number of para-hydroxylation sites is 1. The first-order valence-electron chi connectivity index (χ1n) is 8.48. The zero-order chi connectivity index (χ0) is 18.7. The fraction of sp³-hybridized carbons (Fsp3) is 0.316. The fourth-order valence-electron chi connectivity index (χ4n) is 3.03. The maximum absolute atomic E-state index is 12.9. The molecule has 0 radical (unpaired) electrons. The maximum Gasteiger partial charge on any atom is 0.255 e. The van der Waals surface area contributed by atoms with E-state index in [1.807, 2.05) is 30.5 Å². The van der Waals surface area contributed by atoms with Gasteiger partial charge in [0.15, 0.2) is 0 Å². The van der Waals surface area contributed by atoms with Gasteiger partial charge in [0.1, 0.15) is 0 Å². The van der Waals surface area contributed by atoms with Gasteiger partial charge in [-0.05, 0) is 55.9 Å². The van der Waals surface area contributed by atoms with Crippen molar-refractivity contribution in [2.75, 3.05) is 24.7 Å². The van der Waals surface area contributed by atoms with E-state index in [4.69, 9.17) is 0 Å². The number of thioether (sulfide) groups is 1. The molecule has 26 heavy (non-hydrogen) atoms. The number of aryl methyl sites for hydroxylation is 1. The summed E-state index contributed by atoms with van der Waals surface area (Å²) in [6.07, 6.45) is 3.70. The second-order valence-corrected chi connectivity index (χ2v) is 9.00. The van der Waals surface area contributed by atoms with E-state index in [0.29, 0.717) is 24.2 Å². The number of hydrogen-bond acceptors (Lipinski definition) is 4. The highest BCUT2D eigenvalue weighted by Gasteiger charge is 2.29. The van der Waals surface area contributed by atoms with Crippen LogP contribution in [-0.2, 0) is 10.0 Å². The van der Waals surface area contributed by atoms with Crippen molar-refractivity contribution in [3.8, 4) is 0 Å². The number of nitrogens with zero attached hydrogens (tertiary/aromatic N) is 1. The molecule has 0 bridgehead atoms. The lowest BCUT2D eigenvalue weighted by molar-refractivity contribution is 0.102. The van der Waals surface area contributed by atoms with Crippen LogP contribution in [0.5, 0.6) is 0 Å². The third-order valence-corrected chi connectivity index (χ3v) is 7.32.